The molecule has 0 aromatic carbocycles. The molecule has 2 aromatic heterocycles. The van der Waals surface area contributed by atoms with Crippen molar-refractivity contribution in [2.75, 3.05) is 0 Å². The fraction of sp³-hybridized carbons (Fsp3) is 0.273. The normalized spacial score (nSPS) is 13.7. The first-order chi connectivity index (χ1) is 8.53. The van der Waals surface area contributed by atoms with Crippen LogP contribution in [0.2, 0.25) is 0 Å². The summed E-state index contributed by atoms with van der Waals surface area (Å²) >= 11 is 1.16. The smallest absolute Gasteiger partial charge is 0.250 e. The molecule has 3 N–H and O–H groups in total. The van der Waals surface area contributed by atoms with Crippen molar-refractivity contribution in [3.63, 3.8) is 0 Å². The van der Waals surface area contributed by atoms with Crippen molar-refractivity contribution in [3.8, 4) is 0 Å². The first kappa shape index (κ1) is 13.3. The SMILES string of the molecule is CC(NS(=O)(=O)c1cc(CN)cs1)c1ccco1. The molecule has 0 radical (unpaired) electrons. The van der Waals surface area contributed by atoms with Gasteiger partial charge >= 0.3 is 0 Å². The molecule has 0 saturated heterocycles. The van der Waals surface area contributed by atoms with Crippen LogP contribution in [0.25, 0.3) is 0 Å². The van der Waals surface area contributed by atoms with E-state index in [2.05, 4.69) is 4.72 Å². The molecule has 7 heteroatoms. The zero-order valence-electron chi connectivity index (χ0n) is 9.79. The summed E-state index contributed by atoms with van der Waals surface area (Å²) in [5.74, 6) is 0.578. The van der Waals surface area contributed by atoms with Gasteiger partial charge in [-0.3, -0.25) is 0 Å². The van der Waals surface area contributed by atoms with Crippen LogP contribution in [0.4, 0.5) is 0 Å². The summed E-state index contributed by atoms with van der Waals surface area (Å²) in [6.45, 7) is 2.06. The molecule has 0 aliphatic carbocycles. The van der Waals surface area contributed by atoms with Crippen LogP contribution in [0.5, 0.6) is 0 Å². The van der Waals surface area contributed by atoms with E-state index in [0.29, 0.717) is 12.3 Å². The number of hydrogen-bond donors (Lipinski definition) is 2. The van der Waals surface area contributed by atoms with Crippen molar-refractivity contribution in [2.45, 2.75) is 23.7 Å². The van der Waals surface area contributed by atoms with E-state index in [0.717, 1.165) is 16.9 Å². The molecule has 0 aliphatic heterocycles. The number of hydrogen-bond acceptors (Lipinski definition) is 5. The maximum Gasteiger partial charge on any atom is 0.250 e. The molecule has 98 valence electrons. The van der Waals surface area contributed by atoms with Crippen LogP contribution in [0.1, 0.15) is 24.3 Å². The predicted molar refractivity (Wildman–Crippen MR) is 69.7 cm³/mol. The Hall–Kier alpha value is -1.15. The Bertz CT molecular complexity index is 602. The molecule has 1 atom stereocenters. The van der Waals surface area contributed by atoms with Gasteiger partial charge in [0.15, 0.2) is 0 Å². The second-order valence-corrected chi connectivity index (χ2v) is 6.69. The molecule has 0 fully saturated rings. The van der Waals surface area contributed by atoms with Gasteiger partial charge in [0.05, 0.1) is 12.3 Å². The lowest BCUT2D eigenvalue weighted by Crippen LogP contribution is -2.25. The van der Waals surface area contributed by atoms with Crippen LogP contribution in [0.3, 0.4) is 0 Å². The highest BCUT2D eigenvalue weighted by molar-refractivity contribution is 7.91. The molecule has 5 nitrogen and oxygen atoms in total. The molecular weight excluding hydrogens is 272 g/mol. The molecule has 2 heterocycles. The summed E-state index contributed by atoms with van der Waals surface area (Å²) < 4.78 is 32.2. The molecule has 1 unspecified atom stereocenters. The molecule has 2 aromatic rings. The summed E-state index contributed by atoms with van der Waals surface area (Å²) in [5, 5.41) is 1.74. The van der Waals surface area contributed by atoms with Crippen molar-refractivity contribution < 1.29 is 12.8 Å². The standard InChI is InChI=1S/C11H14N2O3S2/c1-8(10-3-2-4-16-10)13-18(14,15)11-5-9(6-12)7-17-11/h2-5,7-8,13H,6,12H2,1H3. The van der Waals surface area contributed by atoms with Crippen molar-refractivity contribution in [2.24, 2.45) is 5.73 Å². The average molecular weight is 286 g/mol. The fourth-order valence-corrected chi connectivity index (χ4v) is 3.94. The average Bonchev–Trinajstić information content (AvgIpc) is 3.00. The van der Waals surface area contributed by atoms with Crippen LogP contribution in [-0.2, 0) is 16.6 Å². The number of sulfonamides is 1. The maximum absolute atomic E-state index is 12.1. The zero-order chi connectivity index (χ0) is 13.2. The predicted octanol–water partition coefficient (Wildman–Crippen LogP) is 1.84. The molecule has 0 amide bonds. The van der Waals surface area contributed by atoms with Gasteiger partial charge in [0.1, 0.15) is 9.97 Å². The van der Waals surface area contributed by atoms with Gasteiger partial charge in [-0.25, -0.2) is 13.1 Å². The van der Waals surface area contributed by atoms with E-state index in [1.807, 2.05) is 0 Å². The Morgan fingerprint density at radius 3 is 2.89 bits per heavy atom. The zero-order valence-corrected chi connectivity index (χ0v) is 11.4. The molecule has 18 heavy (non-hydrogen) atoms. The topological polar surface area (TPSA) is 85.3 Å². The molecular formula is C11H14N2O3S2. The number of rotatable bonds is 5. The van der Waals surface area contributed by atoms with Crippen LogP contribution < -0.4 is 10.5 Å². The van der Waals surface area contributed by atoms with E-state index in [1.165, 1.54) is 6.26 Å². The third-order valence-electron chi connectivity index (χ3n) is 2.43. The van der Waals surface area contributed by atoms with E-state index in [-0.39, 0.29) is 4.21 Å². The Morgan fingerprint density at radius 2 is 2.33 bits per heavy atom. The van der Waals surface area contributed by atoms with E-state index < -0.39 is 16.1 Å². The van der Waals surface area contributed by atoms with Gasteiger partial charge in [-0.1, -0.05) is 0 Å². The van der Waals surface area contributed by atoms with Gasteiger partial charge in [-0.15, -0.1) is 11.3 Å². The molecule has 0 bridgehead atoms. The van der Waals surface area contributed by atoms with E-state index in [9.17, 15) is 8.42 Å². The molecule has 0 aliphatic rings. The van der Waals surface area contributed by atoms with Crippen LogP contribution in [-0.4, -0.2) is 8.42 Å². The van der Waals surface area contributed by atoms with Gasteiger partial charge in [0.25, 0.3) is 10.0 Å². The molecule has 0 saturated carbocycles. The minimum atomic E-state index is -3.52. The number of nitrogens with two attached hydrogens (primary N) is 1. The van der Waals surface area contributed by atoms with Crippen molar-refractivity contribution in [1.29, 1.82) is 0 Å². The third-order valence-corrected chi connectivity index (χ3v) is 5.46. The number of nitrogens with one attached hydrogen (secondary N) is 1. The summed E-state index contributed by atoms with van der Waals surface area (Å²) in [7, 11) is -3.52. The molecule has 0 spiro atoms. The van der Waals surface area contributed by atoms with E-state index in [4.69, 9.17) is 10.2 Å². The third kappa shape index (κ3) is 2.81. The van der Waals surface area contributed by atoms with E-state index >= 15 is 0 Å². The quantitative estimate of drug-likeness (QED) is 0.878. The van der Waals surface area contributed by atoms with Gasteiger partial charge in [0.2, 0.25) is 0 Å². The largest absolute Gasteiger partial charge is 0.468 e. The first-order valence-electron chi connectivity index (χ1n) is 5.36. The summed E-state index contributed by atoms with van der Waals surface area (Å²) in [5.41, 5.74) is 6.27. The van der Waals surface area contributed by atoms with E-state index in [1.54, 1.807) is 30.5 Å². The van der Waals surface area contributed by atoms with Crippen molar-refractivity contribution in [1.82, 2.24) is 4.72 Å². The number of thiophene rings is 1. The second kappa shape index (κ2) is 5.23. The molecule has 2 rings (SSSR count). The minimum absolute atomic E-state index is 0.265. The maximum atomic E-state index is 12.1. The Kier molecular flexibility index (Phi) is 3.86. The van der Waals surface area contributed by atoms with Crippen LogP contribution in [0, 0.1) is 0 Å². The number of furan rings is 1. The van der Waals surface area contributed by atoms with Crippen LogP contribution in [0.15, 0.2) is 38.5 Å². The van der Waals surface area contributed by atoms with Gasteiger partial charge in [-0.2, -0.15) is 0 Å². The fourth-order valence-electron chi connectivity index (χ4n) is 1.49. The van der Waals surface area contributed by atoms with Gasteiger partial charge in [0, 0.05) is 6.54 Å². The highest BCUT2D eigenvalue weighted by Gasteiger charge is 2.21. The van der Waals surface area contributed by atoms with Crippen LogP contribution >= 0.6 is 11.3 Å². The minimum Gasteiger partial charge on any atom is -0.468 e. The Labute approximate surface area is 110 Å². The first-order valence-corrected chi connectivity index (χ1v) is 7.72. The highest BCUT2D eigenvalue weighted by Crippen LogP contribution is 2.22. The Morgan fingerprint density at radius 1 is 1.56 bits per heavy atom. The lowest BCUT2D eigenvalue weighted by Gasteiger charge is -2.10. The summed E-state index contributed by atoms with van der Waals surface area (Å²) in [4.78, 5) is 0. The lowest BCUT2D eigenvalue weighted by atomic mass is 10.3. The van der Waals surface area contributed by atoms with Gasteiger partial charge < -0.3 is 10.2 Å². The van der Waals surface area contributed by atoms with Crippen molar-refractivity contribution >= 4 is 21.4 Å². The highest BCUT2D eigenvalue weighted by atomic mass is 32.2. The van der Waals surface area contributed by atoms with Gasteiger partial charge in [-0.05, 0) is 36.1 Å². The Balaban J connectivity index is 2.17. The summed E-state index contributed by atoms with van der Waals surface area (Å²) in [6, 6.07) is 4.63. The lowest BCUT2D eigenvalue weighted by molar-refractivity contribution is 0.459. The monoisotopic (exact) mass is 286 g/mol. The van der Waals surface area contributed by atoms with Crippen molar-refractivity contribution in [3.05, 3.63) is 41.2 Å². The second-order valence-electron chi connectivity index (χ2n) is 3.84. The summed E-state index contributed by atoms with van der Waals surface area (Å²) in [6.07, 6.45) is 1.51.